The minimum Gasteiger partial charge on any atom is -0.492 e. The van der Waals surface area contributed by atoms with Crippen molar-refractivity contribution < 1.29 is 18.8 Å². The predicted octanol–water partition coefficient (Wildman–Crippen LogP) is 3.91. The van der Waals surface area contributed by atoms with Crippen LogP contribution >= 0.6 is 23.8 Å². The van der Waals surface area contributed by atoms with Gasteiger partial charge in [-0.25, -0.2) is 0 Å². The van der Waals surface area contributed by atoms with Crippen molar-refractivity contribution in [1.29, 1.82) is 0 Å². The van der Waals surface area contributed by atoms with Gasteiger partial charge in [-0.05, 0) is 49.5 Å². The Morgan fingerprint density at radius 1 is 1.35 bits per heavy atom. The SMILES string of the molecule is CCOc1ccc(C(=O)NC(=S)Nc2ccc(F)c([N+](=O)[O-])c2)cc1Cl. The highest BCUT2D eigenvalue weighted by molar-refractivity contribution is 7.80. The standard InChI is InChI=1S/C16H13ClFN3O4S/c1-2-25-14-6-3-9(7-11(14)17)15(22)20-16(26)19-10-4-5-12(18)13(8-10)21(23)24/h3-8H,2H2,1H3,(H2,19,20,22,26). The number of amides is 1. The number of halogens is 2. The summed E-state index contributed by atoms with van der Waals surface area (Å²) >= 11 is 11.0. The van der Waals surface area contributed by atoms with E-state index in [9.17, 15) is 19.3 Å². The number of carbonyl (C=O) groups is 1. The van der Waals surface area contributed by atoms with E-state index in [0.29, 0.717) is 12.4 Å². The monoisotopic (exact) mass is 397 g/mol. The summed E-state index contributed by atoms with van der Waals surface area (Å²) in [6.45, 7) is 2.24. The minimum absolute atomic E-state index is 0.110. The summed E-state index contributed by atoms with van der Waals surface area (Å²) in [7, 11) is 0. The molecule has 1 amide bonds. The number of anilines is 1. The average Bonchev–Trinajstić information content (AvgIpc) is 2.58. The third-order valence-corrected chi connectivity index (χ3v) is 3.62. The summed E-state index contributed by atoms with van der Waals surface area (Å²) in [5.41, 5.74) is -0.303. The van der Waals surface area contributed by atoms with Crippen LogP contribution in [0.1, 0.15) is 17.3 Å². The number of carbonyl (C=O) groups excluding carboxylic acids is 1. The number of nitrogens with one attached hydrogen (secondary N) is 2. The first kappa shape index (κ1) is 19.5. The molecular weight excluding hydrogens is 385 g/mol. The van der Waals surface area contributed by atoms with Gasteiger partial charge in [0.05, 0.1) is 16.6 Å². The molecule has 0 aliphatic heterocycles. The van der Waals surface area contributed by atoms with Crippen molar-refractivity contribution in [3.63, 3.8) is 0 Å². The minimum atomic E-state index is -0.973. The maximum atomic E-state index is 13.3. The zero-order chi connectivity index (χ0) is 19.3. The fourth-order valence-corrected chi connectivity index (χ4v) is 2.43. The first-order valence-corrected chi connectivity index (χ1v) is 8.09. The van der Waals surface area contributed by atoms with Gasteiger partial charge in [0.2, 0.25) is 5.82 Å². The molecule has 0 unspecified atom stereocenters. The fraction of sp³-hybridized carbons (Fsp3) is 0.125. The lowest BCUT2D eigenvalue weighted by molar-refractivity contribution is -0.387. The molecule has 0 heterocycles. The van der Waals surface area contributed by atoms with Gasteiger partial charge in [0.15, 0.2) is 5.11 Å². The summed E-state index contributed by atoms with van der Waals surface area (Å²) in [5.74, 6) is -1.06. The van der Waals surface area contributed by atoms with Crippen molar-refractivity contribution >= 4 is 46.2 Å². The maximum Gasteiger partial charge on any atom is 0.306 e. The van der Waals surface area contributed by atoms with E-state index >= 15 is 0 Å². The summed E-state index contributed by atoms with van der Waals surface area (Å²) in [4.78, 5) is 22.1. The molecule has 0 saturated carbocycles. The van der Waals surface area contributed by atoms with Crippen LogP contribution in [0.15, 0.2) is 36.4 Å². The Hall–Kier alpha value is -2.78. The molecular formula is C16H13ClFN3O4S. The van der Waals surface area contributed by atoms with E-state index in [2.05, 4.69) is 10.6 Å². The molecule has 0 atom stereocenters. The second-order valence-electron chi connectivity index (χ2n) is 4.91. The Bertz CT molecular complexity index is 879. The number of nitrogens with zero attached hydrogens (tertiary/aromatic N) is 1. The molecule has 0 radical (unpaired) electrons. The smallest absolute Gasteiger partial charge is 0.306 e. The second kappa shape index (κ2) is 8.54. The Morgan fingerprint density at radius 3 is 2.69 bits per heavy atom. The van der Waals surface area contributed by atoms with E-state index in [1.54, 1.807) is 13.0 Å². The summed E-state index contributed by atoms with van der Waals surface area (Å²) < 4.78 is 18.6. The van der Waals surface area contributed by atoms with E-state index in [4.69, 9.17) is 28.6 Å². The molecule has 26 heavy (non-hydrogen) atoms. The molecule has 2 rings (SSSR count). The van der Waals surface area contributed by atoms with Crippen LogP contribution in [0.25, 0.3) is 0 Å². The first-order valence-electron chi connectivity index (χ1n) is 7.30. The largest absolute Gasteiger partial charge is 0.492 e. The van der Waals surface area contributed by atoms with Crippen molar-refractivity contribution in [2.75, 3.05) is 11.9 Å². The number of hydrogen-bond acceptors (Lipinski definition) is 5. The van der Waals surface area contributed by atoms with Gasteiger partial charge >= 0.3 is 5.69 Å². The zero-order valence-electron chi connectivity index (χ0n) is 13.4. The van der Waals surface area contributed by atoms with E-state index in [0.717, 1.165) is 12.1 Å². The highest BCUT2D eigenvalue weighted by Crippen LogP contribution is 2.25. The van der Waals surface area contributed by atoms with Crippen molar-refractivity contribution in [3.05, 3.63) is 62.9 Å². The molecule has 0 aliphatic rings. The van der Waals surface area contributed by atoms with Crippen LogP contribution in [-0.2, 0) is 0 Å². The number of benzene rings is 2. The third kappa shape index (κ3) is 4.87. The van der Waals surface area contributed by atoms with Crippen molar-refractivity contribution in [2.24, 2.45) is 0 Å². The summed E-state index contributed by atoms with van der Waals surface area (Å²) in [6, 6.07) is 7.65. The lowest BCUT2D eigenvalue weighted by atomic mass is 10.2. The van der Waals surface area contributed by atoms with E-state index < -0.39 is 22.3 Å². The van der Waals surface area contributed by atoms with Gasteiger partial charge in [0, 0.05) is 17.3 Å². The van der Waals surface area contributed by atoms with Gasteiger partial charge < -0.3 is 10.1 Å². The molecule has 2 aromatic rings. The van der Waals surface area contributed by atoms with Crippen LogP contribution in [0.4, 0.5) is 15.8 Å². The molecule has 0 fully saturated rings. The quantitative estimate of drug-likeness (QED) is 0.451. The number of thiocarbonyl (C=S) groups is 1. The Kier molecular flexibility index (Phi) is 6.42. The molecule has 136 valence electrons. The van der Waals surface area contributed by atoms with Crippen molar-refractivity contribution in [1.82, 2.24) is 5.32 Å². The van der Waals surface area contributed by atoms with Crippen LogP contribution in [0, 0.1) is 15.9 Å². The third-order valence-electron chi connectivity index (χ3n) is 3.12. The maximum absolute atomic E-state index is 13.3. The number of rotatable bonds is 5. The van der Waals surface area contributed by atoms with Gasteiger partial charge in [-0.15, -0.1) is 0 Å². The highest BCUT2D eigenvalue weighted by atomic mass is 35.5. The van der Waals surface area contributed by atoms with Gasteiger partial charge in [-0.1, -0.05) is 11.6 Å². The Balaban J connectivity index is 2.06. The van der Waals surface area contributed by atoms with Crippen LogP contribution in [0.2, 0.25) is 5.02 Å². The second-order valence-corrected chi connectivity index (χ2v) is 5.73. The van der Waals surface area contributed by atoms with Crippen LogP contribution in [-0.4, -0.2) is 22.5 Å². The highest BCUT2D eigenvalue weighted by Gasteiger charge is 2.16. The van der Waals surface area contributed by atoms with Crippen molar-refractivity contribution in [2.45, 2.75) is 6.92 Å². The predicted molar refractivity (Wildman–Crippen MR) is 99.4 cm³/mol. The molecule has 2 aromatic carbocycles. The molecule has 2 N–H and O–H groups in total. The molecule has 7 nitrogen and oxygen atoms in total. The van der Waals surface area contributed by atoms with Crippen LogP contribution in [0.3, 0.4) is 0 Å². The number of nitro benzene ring substituents is 1. The van der Waals surface area contributed by atoms with Crippen LogP contribution < -0.4 is 15.4 Å². The molecule has 10 heteroatoms. The molecule has 0 bridgehead atoms. The number of nitro groups is 1. The zero-order valence-corrected chi connectivity index (χ0v) is 15.0. The van der Waals surface area contributed by atoms with E-state index in [1.807, 2.05) is 0 Å². The lowest BCUT2D eigenvalue weighted by Gasteiger charge is -2.11. The summed E-state index contributed by atoms with van der Waals surface area (Å²) in [6.07, 6.45) is 0. The number of hydrogen-bond donors (Lipinski definition) is 2. The van der Waals surface area contributed by atoms with Gasteiger partial charge in [-0.3, -0.25) is 20.2 Å². The molecule has 0 spiro atoms. The number of ether oxygens (including phenoxy) is 1. The molecule has 0 aromatic heterocycles. The van der Waals surface area contributed by atoms with E-state index in [-0.39, 0.29) is 21.4 Å². The van der Waals surface area contributed by atoms with Crippen LogP contribution in [0.5, 0.6) is 5.75 Å². The lowest BCUT2D eigenvalue weighted by Crippen LogP contribution is -2.34. The Labute approximate surface area is 158 Å². The normalized spacial score (nSPS) is 10.1. The van der Waals surface area contributed by atoms with Gasteiger partial charge in [0.25, 0.3) is 5.91 Å². The Morgan fingerprint density at radius 2 is 2.08 bits per heavy atom. The van der Waals surface area contributed by atoms with Gasteiger partial charge in [-0.2, -0.15) is 4.39 Å². The average molecular weight is 398 g/mol. The van der Waals surface area contributed by atoms with Gasteiger partial charge in [0.1, 0.15) is 5.75 Å². The molecule has 0 saturated heterocycles. The first-order chi connectivity index (χ1) is 12.3. The fourth-order valence-electron chi connectivity index (χ4n) is 1.98. The topological polar surface area (TPSA) is 93.5 Å². The molecule has 0 aliphatic carbocycles. The van der Waals surface area contributed by atoms with Crippen molar-refractivity contribution in [3.8, 4) is 5.75 Å². The summed E-state index contributed by atoms with van der Waals surface area (Å²) in [5, 5.41) is 15.9. The van der Waals surface area contributed by atoms with E-state index in [1.165, 1.54) is 18.2 Å².